The number of hydrogen-bond acceptors (Lipinski definition) is 10. The fraction of sp³-hybridized carbons (Fsp3) is 0.448. The van der Waals surface area contributed by atoms with Crippen LogP contribution in [0, 0.1) is 0 Å². The van der Waals surface area contributed by atoms with Gasteiger partial charge in [-0.15, -0.1) is 0 Å². The van der Waals surface area contributed by atoms with E-state index >= 15 is 0 Å². The summed E-state index contributed by atoms with van der Waals surface area (Å²) in [6, 6.07) is 13.8. The molecule has 5 rings (SSSR count). The first-order chi connectivity index (χ1) is 20.1. The third-order valence-corrected chi connectivity index (χ3v) is 9.52. The predicted octanol–water partition coefficient (Wildman–Crippen LogP) is 4.24. The summed E-state index contributed by atoms with van der Waals surface area (Å²) in [6.07, 6.45) is 5.14. The maximum Gasteiger partial charge on any atom is 0.232 e. The molecule has 0 radical (unpaired) electrons. The fourth-order valence-corrected chi connectivity index (χ4v) is 6.14. The summed E-state index contributed by atoms with van der Waals surface area (Å²) < 4.78 is 31.2. The molecule has 42 heavy (non-hydrogen) atoms. The van der Waals surface area contributed by atoms with Crippen molar-refractivity contribution in [3.05, 3.63) is 53.7 Å². The van der Waals surface area contributed by atoms with Gasteiger partial charge in [0.1, 0.15) is 10.8 Å². The Balaban J connectivity index is 1.28. The lowest BCUT2D eigenvalue weighted by atomic mass is 10.0. The first-order valence-corrected chi connectivity index (χ1v) is 16.3. The third kappa shape index (κ3) is 7.00. The molecule has 0 bridgehead atoms. The zero-order chi connectivity index (χ0) is 29.9. The molecule has 0 spiro atoms. The first-order valence-electron chi connectivity index (χ1n) is 14.1. The number of nitrogens with one attached hydrogen (secondary N) is 2. The van der Waals surface area contributed by atoms with Gasteiger partial charge in [-0.2, -0.15) is 4.98 Å². The van der Waals surface area contributed by atoms with Gasteiger partial charge in [-0.25, -0.2) is 13.4 Å². The van der Waals surface area contributed by atoms with Crippen molar-refractivity contribution in [1.29, 1.82) is 0 Å². The van der Waals surface area contributed by atoms with Gasteiger partial charge >= 0.3 is 0 Å². The first kappa shape index (κ1) is 30.1. The standard InChI is InChI=1S/C29H39ClN8O3S/c1-35-13-11-21(12-14-35)37-15-17-38(18-16-37)22-9-10-25(27(19-22)41-3)33-29-31-20-23(30)28(34-29)32-24-7-5-6-8-26(24)36(2)42(4,39)40/h5-10,19-21H,11-18H2,1-4H3,(H2,31,32,33,34). The molecular formula is C29H39ClN8O3S. The quantitative estimate of drug-likeness (QED) is 0.364. The predicted molar refractivity (Wildman–Crippen MR) is 171 cm³/mol. The van der Waals surface area contributed by atoms with Crippen LogP contribution in [0.25, 0.3) is 0 Å². The number of piperazine rings is 1. The van der Waals surface area contributed by atoms with Crippen LogP contribution >= 0.6 is 11.6 Å². The largest absolute Gasteiger partial charge is 0.494 e. The molecule has 2 aliphatic heterocycles. The van der Waals surface area contributed by atoms with Crippen LogP contribution in [0.3, 0.4) is 0 Å². The highest BCUT2D eigenvalue weighted by Gasteiger charge is 2.27. The van der Waals surface area contributed by atoms with E-state index in [-0.39, 0.29) is 0 Å². The number of piperidine rings is 1. The Morgan fingerprint density at radius 2 is 1.71 bits per heavy atom. The highest BCUT2D eigenvalue weighted by Crippen LogP contribution is 2.34. The average molecular weight is 615 g/mol. The van der Waals surface area contributed by atoms with Crippen molar-refractivity contribution in [1.82, 2.24) is 19.8 Å². The molecule has 2 aliphatic rings. The Bertz CT molecular complexity index is 1490. The van der Waals surface area contributed by atoms with Crippen molar-refractivity contribution < 1.29 is 13.2 Å². The molecule has 0 unspecified atom stereocenters. The molecule has 0 aliphatic carbocycles. The van der Waals surface area contributed by atoms with Crippen molar-refractivity contribution in [2.75, 3.05) is 86.6 Å². The van der Waals surface area contributed by atoms with Crippen molar-refractivity contribution in [2.24, 2.45) is 0 Å². The molecule has 0 saturated carbocycles. The molecule has 0 amide bonds. The third-order valence-electron chi connectivity index (χ3n) is 8.05. The molecular weight excluding hydrogens is 576 g/mol. The monoisotopic (exact) mass is 614 g/mol. The molecule has 3 aromatic rings. The molecule has 2 N–H and O–H groups in total. The van der Waals surface area contributed by atoms with Gasteiger partial charge in [-0.1, -0.05) is 23.7 Å². The van der Waals surface area contributed by atoms with Crippen LogP contribution < -0.4 is 24.6 Å². The second-order valence-electron chi connectivity index (χ2n) is 10.8. The number of benzene rings is 2. The van der Waals surface area contributed by atoms with Gasteiger partial charge < -0.3 is 25.2 Å². The van der Waals surface area contributed by atoms with E-state index in [4.69, 9.17) is 16.3 Å². The maximum absolute atomic E-state index is 12.2. The van der Waals surface area contributed by atoms with E-state index in [1.165, 1.54) is 43.5 Å². The fourth-order valence-electron chi connectivity index (χ4n) is 5.48. The number of para-hydroxylation sites is 2. The molecule has 0 atom stereocenters. The van der Waals surface area contributed by atoms with Crippen LogP contribution in [0.4, 0.5) is 34.5 Å². The number of aromatic nitrogens is 2. The van der Waals surface area contributed by atoms with Gasteiger partial charge in [0.15, 0.2) is 5.82 Å². The van der Waals surface area contributed by atoms with E-state index in [0.29, 0.717) is 40.0 Å². The van der Waals surface area contributed by atoms with Gasteiger partial charge in [-0.3, -0.25) is 9.21 Å². The minimum absolute atomic E-state index is 0.291. The number of anilines is 6. The number of halogens is 1. The molecule has 11 nitrogen and oxygen atoms in total. The summed E-state index contributed by atoms with van der Waals surface area (Å²) >= 11 is 6.42. The minimum Gasteiger partial charge on any atom is -0.494 e. The van der Waals surface area contributed by atoms with Gasteiger partial charge in [0.2, 0.25) is 16.0 Å². The van der Waals surface area contributed by atoms with Crippen LogP contribution in [-0.2, 0) is 10.0 Å². The Hall–Kier alpha value is -3.32. The normalized spacial score (nSPS) is 17.2. The summed E-state index contributed by atoms with van der Waals surface area (Å²) in [5, 5.41) is 6.69. The highest BCUT2D eigenvalue weighted by molar-refractivity contribution is 7.92. The van der Waals surface area contributed by atoms with E-state index < -0.39 is 10.0 Å². The summed E-state index contributed by atoms with van der Waals surface area (Å²) in [5.41, 5.74) is 2.84. The van der Waals surface area contributed by atoms with Gasteiger partial charge in [0.25, 0.3) is 0 Å². The number of hydrogen-bond donors (Lipinski definition) is 2. The van der Waals surface area contributed by atoms with Crippen LogP contribution in [0.15, 0.2) is 48.7 Å². The number of nitrogens with zero attached hydrogens (tertiary/aromatic N) is 6. The zero-order valence-corrected chi connectivity index (χ0v) is 26.1. The summed E-state index contributed by atoms with van der Waals surface area (Å²) in [7, 11) is 1.88. The number of methoxy groups -OCH3 is 1. The lowest BCUT2D eigenvalue weighted by Gasteiger charge is -2.43. The molecule has 226 valence electrons. The van der Waals surface area contributed by atoms with E-state index in [1.807, 2.05) is 12.1 Å². The zero-order valence-electron chi connectivity index (χ0n) is 24.5. The van der Waals surface area contributed by atoms with E-state index in [0.717, 1.165) is 43.8 Å². The lowest BCUT2D eigenvalue weighted by Crippen LogP contribution is -2.53. The summed E-state index contributed by atoms with van der Waals surface area (Å²) in [5.74, 6) is 1.33. The number of rotatable bonds is 9. The van der Waals surface area contributed by atoms with Crippen LogP contribution in [0.2, 0.25) is 5.02 Å². The number of ether oxygens (including phenoxy) is 1. The molecule has 2 aromatic carbocycles. The number of sulfonamides is 1. The average Bonchev–Trinajstić information content (AvgIpc) is 2.99. The molecule has 3 heterocycles. The van der Waals surface area contributed by atoms with E-state index in [2.05, 4.69) is 48.4 Å². The molecule has 2 fully saturated rings. The highest BCUT2D eigenvalue weighted by atomic mass is 35.5. The summed E-state index contributed by atoms with van der Waals surface area (Å²) in [6.45, 7) is 6.45. The van der Waals surface area contributed by atoms with E-state index in [9.17, 15) is 8.42 Å². The number of likely N-dealkylation sites (tertiary alicyclic amines) is 1. The van der Waals surface area contributed by atoms with Crippen LogP contribution in [0.1, 0.15) is 12.8 Å². The smallest absolute Gasteiger partial charge is 0.232 e. The van der Waals surface area contributed by atoms with Gasteiger partial charge in [0, 0.05) is 51.0 Å². The maximum atomic E-state index is 12.2. The lowest BCUT2D eigenvalue weighted by molar-refractivity contribution is 0.115. The summed E-state index contributed by atoms with van der Waals surface area (Å²) in [4.78, 5) is 16.4. The second kappa shape index (κ2) is 12.9. The van der Waals surface area contributed by atoms with Gasteiger partial charge in [0.05, 0.1) is 36.6 Å². The van der Waals surface area contributed by atoms with Crippen LogP contribution in [0.5, 0.6) is 5.75 Å². The Morgan fingerprint density at radius 3 is 2.40 bits per heavy atom. The molecule has 1 aromatic heterocycles. The van der Waals surface area contributed by atoms with Crippen molar-refractivity contribution in [2.45, 2.75) is 18.9 Å². The van der Waals surface area contributed by atoms with Gasteiger partial charge in [-0.05, 0) is 57.2 Å². The van der Waals surface area contributed by atoms with Crippen molar-refractivity contribution >= 4 is 56.1 Å². The Morgan fingerprint density at radius 1 is 1.00 bits per heavy atom. The second-order valence-corrected chi connectivity index (χ2v) is 13.3. The van der Waals surface area contributed by atoms with Crippen molar-refractivity contribution in [3.8, 4) is 5.75 Å². The Labute approximate surface area is 253 Å². The topological polar surface area (TPSA) is 106 Å². The minimum atomic E-state index is -3.47. The van der Waals surface area contributed by atoms with E-state index in [1.54, 1.807) is 31.4 Å². The molecule has 13 heteroatoms. The van der Waals surface area contributed by atoms with Crippen molar-refractivity contribution in [3.63, 3.8) is 0 Å². The molecule has 2 saturated heterocycles. The van der Waals surface area contributed by atoms with Crippen LogP contribution in [-0.4, -0.2) is 101 Å². The SMILES string of the molecule is COc1cc(N2CCN(C3CCN(C)CC3)CC2)ccc1Nc1ncc(Cl)c(Nc2ccccc2N(C)S(C)(=O)=O)n1. The Kier molecular flexibility index (Phi) is 9.26.